The fraction of sp³-hybridized carbons (Fsp3) is 0.222. The normalized spacial score (nSPS) is 12.3. The minimum Gasteiger partial charge on any atom is -0.480 e. The highest BCUT2D eigenvalue weighted by Gasteiger charge is 2.19. The van der Waals surface area contributed by atoms with Crippen LogP contribution in [0.5, 0.6) is 0 Å². The van der Waals surface area contributed by atoms with Crippen molar-refractivity contribution in [3.8, 4) is 0 Å². The first kappa shape index (κ1) is 13.7. The summed E-state index contributed by atoms with van der Waals surface area (Å²) in [5.41, 5.74) is 0. The summed E-state index contributed by atoms with van der Waals surface area (Å²) >= 11 is 0. The molecular formula is C9H10O6S2. The molecule has 1 N–H and O–H groups in total. The summed E-state index contributed by atoms with van der Waals surface area (Å²) in [6.07, 6.45) is 0.994. The van der Waals surface area contributed by atoms with Crippen LogP contribution in [0.15, 0.2) is 34.1 Å². The number of sulfone groups is 2. The molecule has 0 aromatic heterocycles. The summed E-state index contributed by atoms with van der Waals surface area (Å²) < 4.78 is 45.2. The Hall–Kier alpha value is -1.41. The van der Waals surface area contributed by atoms with Gasteiger partial charge in [-0.3, -0.25) is 4.79 Å². The summed E-state index contributed by atoms with van der Waals surface area (Å²) in [4.78, 5) is 10.1. The Kier molecular flexibility index (Phi) is 3.58. The van der Waals surface area contributed by atoms with Gasteiger partial charge in [0.1, 0.15) is 0 Å². The fourth-order valence-corrected chi connectivity index (χ4v) is 2.81. The highest BCUT2D eigenvalue weighted by molar-refractivity contribution is 7.92. The van der Waals surface area contributed by atoms with E-state index in [4.69, 9.17) is 5.11 Å². The SMILES string of the molecule is CS(=O)(=O)c1ccc(S(=O)(=O)CC(=O)O)cc1. The summed E-state index contributed by atoms with van der Waals surface area (Å²) in [5.74, 6) is -2.48. The van der Waals surface area contributed by atoms with Gasteiger partial charge in [0.25, 0.3) is 0 Å². The van der Waals surface area contributed by atoms with Crippen LogP contribution >= 0.6 is 0 Å². The van der Waals surface area contributed by atoms with Crippen molar-refractivity contribution < 1.29 is 26.7 Å². The summed E-state index contributed by atoms with van der Waals surface area (Å²) in [5, 5.41) is 8.42. The van der Waals surface area contributed by atoms with Crippen LogP contribution in [0.2, 0.25) is 0 Å². The minimum atomic E-state index is -3.92. The molecule has 0 atom stereocenters. The van der Waals surface area contributed by atoms with Gasteiger partial charge in [-0.05, 0) is 24.3 Å². The standard InChI is InChI=1S/C9H10O6S2/c1-16(12,13)7-2-4-8(5-3-7)17(14,15)6-9(10)11/h2-5H,6H2,1H3,(H,10,11). The van der Waals surface area contributed by atoms with Crippen molar-refractivity contribution in [1.29, 1.82) is 0 Å². The Bertz CT molecular complexity index is 625. The van der Waals surface area contributed by atoms with Crippen LogP contribution in [0.4, 0.5) is 0 Å². The minimum absolute atomic E-state index is 0.0215. The highest BCUT2D eigenvalue weighted by Crippen LogP contribution is 2.15. The number of hydrogen-bond acceptors (Lipinski definition) is 5. The summed E-state index contributed by atoms with van der Waals surface area (Å²) in [7, 11) is -7.32. The zero-order valence-electron chi connectivity index (χ0n) is 8.82. The summed E-state index contributed by atoms with van der Waals surface area (Å²) in [6.45, 7) is 0. The van der Waals surface area contributed by atoms with E-state index in [1.807, 2.05) is 0 Å². The average molecular weight is 278 g/mol. The Morgan fingerprint density at radius 2 is 1.47 bits per heavy atom. The van der Waals surface area contributed by atoms with Gasteiger partial charge in [0.15, 0.2) is 25.4 Å². The maximum Gasteiger partial charge on any atom is 0.319 e. The quantitative estimate of drug-likeness (QED) is 0.827. The maximum atomic E-state index is 11.5. The van der Waals surface area contributed by atoms with Gasteiger partial charge in [-0.15, -0.1) is 0 Å². The van der Waals surface area contributed by atoms with Crippen LogP contribution in [0.1, 0.15) is 0 Å². The Morgan fingerprint density at radius 3 is 1.82 bits per heavy atom. The van der Waals surface area contributed by atoms with Crippen LogP contribution < -0.4 is 0 Å². The lowest BCUT2D eigenvalue weighted by Gasteiger charge is -2.02. The molecule has 6 nitrogen and oxygen atoms in total. The lowest BCUT2D eigenvalue weighted by Crippen LogP contribution is -2.15. The van der Waals surface area contributed by atoms with Crippen LogP contribution in [-0.2, 0) is 24.5 Å². The number of aliphatic carboxylic acids is 1. The van der Waals surface area contributed by atoms with E-state index >= 15 is 0 Å². The molecule has 0 heterocycles. The van der Waals surface area contributed by atoms with E-state index in [2.05, 4.69) is 0 Å². The van der Waals surface area contributed by atoms with Gasteiger partial charge in [-0.1, -0.05) is 0 Å². The molecule has 17 heavy (non-hydrogen) atoms. The molecule has 1 aromatic carbocycles. The van der Waals surface area contributed by atoms with Gasteiger partial charge < -0.3 is 5.11 Å². The molecule has 1 aromatic rings. The first-order valence-electron chi connectivity index (χ1n) is 4.37. The van der Waals surface area contributed by atoms with Crippen molar-refractivity contribution in [3.63, 3.8) is 0 Å². The zero-order valence-corrected chi connectivity index (χ0v) is 10.5. The van der Waals surface area contributed by atoms with Gasteiger partial charge in [0.05, 0.1) is 9.79 Å². The highest BCUT2D eigenvalue weighted by atomic mass is 32.2. The van der Waals surface area contributed by atoms with Gasteiger partial charge >= 0.3 is 5.97 Å². The number of benzene rings is 1. The van der Waals surface area contributed by atoms with Crippen LogP contribution in [0.25, 0.3) is 0 Å². The van der Waals surface area contributed by atoms with E-state index in [1.165, 1.54) is 0 Å². The molecule has 1 rings (SSSR count). The molecule has 0 saturated carbocycles. The number of hydrogen-bond donors (Lipinski definition) is 1. The molecule has 0 spiro atoms. The predicted octanol–water partition coefficient (Wildman–Crippen LogP) is -0.0516. The van der Waals surface area contributed by atoms with E-state index < -0.39 is 31.4 Å². The summed E-state index contributed by atoms with van der Waals surface area (Å²) in [6, 6.07) is 4.41. The second-order valence-corrected chi connectivity index (χ2v) is 7.40. The van der Waals surface area contributed by atoms with Crippen LogP contribution in [0, 0.1) is 0 Å². The predicted molar refractivity (Wildman–Crippen MR) is 59.2 cm³/mol. The Labute approximate surface area is 98.7 Å². The molecule has 8 heteroatoms. The molecule has 0 bridgehead atoms. The van der Waals surface area contributed by atoms with E-state index in [-0.39, 0.29) is 9.79 Å². The van der Waals surface area contributed by atoms with E-state index in [1.54, 1.807) is 0 Å². The van der Waals surface area contributed by atoms with Crippen molar-refractivity contribution in [2.24, 2.45) is 0 Å². The Balaban J connectivity index is 3.16. The topological polar surface area (TPSA) is 106 Å². The third-order valence-corrected chi connectivity index (χ3v) is 4.67. The van der Waals surface area contributed by atoms with E-state index in [0.717, 1.165) is 30.5 Å². The zero-order chi connectivity index (χ0) is 13.3. The monoisotopic (exact) mass is 278 g/mol. The molecule has 0 amide bonds. The molecule has 0 fully saturated rings. The second-order valence-electron chi connectivity index (χ2n) is 3.40. The Morgan fingerprint density at radius 1 is 1.06 bits per heavy atom. The molecule has 0 saturated heterocycles. The molecule has 0 aliphatic carbocycles. The van der Waals surface area contributed by atoms with Crippen LogP contribution in [0.3, 0.4) is 0 Å². The number of carboxylic acid groups (broad SMARTS) is 1. The van der Waals surface area contributed by atoms with Gasteiger partial charge in [0.2, 0.25) is 0 Å². The van der Waals surface area contributed by atoms with Gasteiger partial charge in [-0.2, -0.15) is 0 Å². The van der Waals surface area contributed by atoms with E-state index in [9.17, 15) is 21.6 Å². The van der Waals surface area contributed by atoms with Gasteiger partial charge in [-0.25, -0.2) is 16.8 Å². The van der Waals surface area contributed by atoms with Crippen molar-refractivity contribution in [2.45, 2.75) is 9.79 Å². The molecule has 0 aliphatic heterocycles. The van der Waals surface area contributed by atoms with E-state index in [0.29, 0.717) is 0 Å². The van der Waals surface area contributed by atoms with Gasteiger partial charge in [0, 0.05) is 6.26 Å². The lowest BCUT2D eigenvalue weighted by molar-refractivity contribution is -0.134. The lowest BCUT2D eigenvalue weighted by atomic mass is 10.4. The number of carboxylic acids is 1. The van der Waals surface area contributed by atoms with Crippen molar-refractivity contribution in [2.75, 3.05) is 12.0 Å². The van der Waals surface area contributed by atoms with Crippen LogP contribution in [-0.4, -0.2) is 39.9 Å². The van der Waals surface area contributed by atoms with Crippen molar-refractivity contribution >= 4 is 25.6 Å². The molecule has 0 radical (unpaired) electrons. The smallest absolute Gasteiger partial charge is 0.319 e. The first-order valence-corrected chi connectivity index (χ1v) is 7.92. The largest absolute Gasteiger partial charge is 0.480 e. The molecular weight excluding hydrogens is 268 g/mol. The second kappa shape index (κ2) is 4.46. The number of carbonyl (C=O) groups is 1. The van der Waals surface area contributed by atoms with Crippen molar-refractivity contribution in [1.82, 2.24) is 0 Å². The van der Waals surface area contributed by atoms with Crippen molar-refractivity contribution in [3.05, 3.63) is 24.3 Å². The fourth-order valence-electron chi connectivity index (χ4n) is 1.14. The molecule has 0 aliphatic rings. The first-order chi connectivity index (χ1) is 7.63. The third kappa shape index (κ3) is 3.53. The molecule has 94 valence electrons. The average Bonchev–Trinajstić information content (AvgIpc) is 2.14. The number of rotatable bonds is 4. The maximum absolute atomic E-state index is 11.5. The molecule has 0 unspecified atom stereocenters. The third-order valence-electron chi connectivity index (χ3n) is 1.92.